The third-order valence-electron chi connectivity index (χ3n) is 5.31. The van der Waals surface area contributed by atoms with Gasteiger partial charge in [-0.1, -0.05) is 41.9 Å². The van der Waals surface area contributed by atoms with Crippen molar-refractivity contribution in [3.05, 3.63) is 118 Å². The van der Waals surface area contributed by atoms with Crippen LogP contribution in [0.2, 0.25) is 5.02 Å². The van der Waals surface area contributed by atoms with Gasteiger partial charge >= 0.3 is 0 Å². The molecule has 0 spiro atoms. The molecule has 0 radical (unpaired) electrons. The van der Waals surface area contributed by atoms with Gasteiger partial charge in [-0.2, -0.15) is 11.3 Å². The van der Waals surface area contributed by atoms with Gasteiger partial charge in [-0.3, -0.25) is 14.4 Å². The number of hydrogen-bond donors (Lipinski definition) is 3. The number of thioether (sulfide) groups is 1. The minimum absolute atomic E-state index is 0.126. The van der Waals surface area contributed by atoms with Crippen LogP contribution in [0.1, 0.15) is 22.8 Å². The van der Waals surface area contributed by atoms with E-state index >= 15 is 0 Å². The second kappa shape index (κ2) is 13.1. The van der Waals surface area contributed by atoms with Crippen LogP contribution in [-0.2, 0) is 9.59 Å². The highest BCUT2D eigenvalue weighted by Gasteiger charge is 2.17. The Balaban J connectivity index is 1.40. The number of rotatable bonds is 9. The molecule has 1 heterocycles. The van der Waals surface area contributed by atoms with Crippen LogP contribution in [-0.4, -0.2) is 23.0 Å². The summed E-state index contributed by atoms with van der Waals surface area (Å²) >= 11 is 9.01. The maximum atomic E-state index is 13.1. The lowest BCUT2D eigenvalue weighted by Crippen LogP contribution is -2.30. The Labute approximate surface area is 234 Å². The molecule has 1 unspecified atom stereocenters. The smallest absolute Gasteiger partial charge is 0.272 e. The minimum Gasteiger partial charge on any atom is -0.324 e. The quantitative estimate of drug-likeness (QED) is 0.153. The number of amides is 3. The standard InChI is InChI=1S/C29H24ClN3O3S2/c1-19(27(34)32-25-10-6-5-9-24(25)30)38-23-13-11-22(12-14-23)31-29(36)26(17-20-15-16-37-18-20)33-28(35)21-7-3-2-4-8-21/h2-19H,1H3,(H,31,36)(H,32,34)(H,33,35)/b26-17-. The van der Waals surface area contributed by atoms with Crippen molar-refractivity contribution in [1.29, 1.82) is 0 Å². The maximum Gasteiger partial charge on any atom is 0.272 e. The summed E-state index contributed by atoms with van der Waals surface area (Å²) in [5, 5.41) is 12.3. The Hall–Kier alpha value is -3.85. The van der Waals surface area contributed by atoms with E-state index in [1.165, 1.54) is 23.1 Å². The zero-order valence-corrected chi connectivity index (χ0v) is 22.7. The summed E-state index contributed by atoms with van der Waals surface area (Å²) in [6.07, 6.45) is 1.64. The summed E-state index contributed by atoms with van der Waals surface area (Å²) in [5.74, 6) is -0.996. The first-order valence-corrected chi connectivity index (χ1v) is 13.8. The highest BCUT2D eigenvalue weighted by molar-refractivity contribution is 8.00. The lowest BCUT2D eigenvalue weighted by Gasteiger charge is -2.14. The Morgan fingerprint density at radius 1 is 0.895 bits per heavy atom. The molecule has 1 atom stereocenters. The predicted molar refractivity (Wildman–Crippen MR) is 157 cm³/mol. The molecule has 192 valence electrons. The molecular formula is C29H24ClN3O3S2. The lowest BCUT2D eigenvalue weighted by atomic mass is 10.2. The van der Waals surface area contributed by atoms with Gasteiger partial charge in [-0.05, 0) is 83.9 Å². The van der Waals surface area contributed by atoms with E-state index in [9.17, 15) is 14.4 Å². The molecule has 0 aliphatic carbocycles. The third kappa shape index (κ3) is 7.58. The number of para-hydroxylation sites is 1. The molecule has 38 heavy (non-hydrogen) atoms. The van der Waals surface area contributed by atoms with E-state index in [1.54, 1.807) is 66.7 Å². The van der Waals surface area contributed by atoms with E-state index < -0.39 is 5.91 Å². The van der Waals surface area contributed by atoms with Gasteiger partial charge in [-0.25, -0.2) is 0 Å². The van der Waals surface area contributed by atoms with E-state index in [4.69, 9.17) is 11.6 Å². The van der Waals surface area contributed by atoms with E-state index in [2.05, 4.69) is 16.0 Å². The maximum absolute atomic E-state index is 13.1. The summed E-state index contributed by atoms with van der Waals surface area (Å²) in [5.41, 5.74) is 2.50. The number of thiophene rings is 1. The summed E-state index contributed by atoms with van der Waals surface area (Å²) < 4.78 is 0. The number of anilines is 2. The number of benzene rings is 3. The monoisotopic (exact) mass is 561 g/mol. The van der Waals surface area contributed by atoms with Crippen LogP contribution in [0.3, 0.4) is 0 Å². The normalized spacial score (nSPS) is 11.9. The molecule has 0 fully saturated rings. The van der Waals surface area contributed by atoms with Crippen molar-refractivity contribution in [3.8, 4) is 0 Å². The third-order valence-corrected chi connectivity index (χ3v) is 7.45. The Kier molecular flexibility index (Phi) is 9.37. The molecule has 1 aromatic heterocycles. The molecule has 3 amide bonds. The highest BCUT2D eigenvalue weighted by Crippen LogP contribution is 2.27. The molecule has 3 aromatic carbocycles. The van der Waals surface area contributed by atoms with Crippen molar-refractivity contribution in [3.63, 3.8) is 0 Å². The first kappa shape index (κ1) is 27.2. The predicted octanol–water partition coefficient (Wildman–Crippen LogP) is 6.93. The lowest BCUT2D eigenvalue weighted by molar-refractivity contribution is -0.115. The summed E-state index contributed by atoms with van der Waals surface area (Å²) in [4.78, 5) is 39.3. The summed E-state index contributed by atoms with van der Waals surface area (Å²) in [6.45, 7) is 1.81. The van der Waals surface area contributed by atoms with Crippen molar-refractivity contribution in [2.45, 2.75) is 17.1 Å². The highest BCUT2D eigenvalue weighted by atomic mass is 35.5. The molecule has 0 aliphatic heterocycles. The van der Waals surface area contributed by atoms with E-state index in [-0.39, 0.29) is 22.8 Å². The molecule has 4 rings (SSSR count). The van der Waals surface area contributed by atoms with Crippen molar-refractivity contribution in [1.82, 2.24) is 5.32 Å². The van der Waals surface area contributed by atoms with Gasteiger partial charge < -0.3 is 16.0 Å². The largest absolute Gasteiger partial charge is 0.324 e. The number of nitrogens with one attached hydrogen (secondary N) is 3. The topological polar surface area (TPSA) is 87.3 Å². The van der Waals surface area contributed by atoms with Crippen molar-refractivity contribution in [2.24, 2.45) is 0 Å². The fraction of sp³-hybridized carbons (Fsp3) is 0.0690. The van der Waals surface area contributed by atoms with Crippen LogP contribution in [0.4, 0.5) is 11.4 Å². The fourth-order valence-electron chi connectivity index (χ4n) is 3.34. The molecule has 0 saturated carbocycles. The number of carbonyl (C=O) groups excluding carboxylic acids is 3. The Bertz CT molecular complexity index is 1440. The van der Waals surface area contributed by atoms with E-state index in [0.29, 0.717) is 22.0 Å². The average Bonchev–Trinajstić information content (AvgIpc) is 3.44. The van der Waals surface area contributed by atoms with E-state index in [0.717, 1.165) is 10.5 Å². The number of halogens is 1. The second-order valence-corrected chi connectivity index (χ2v) is 10.7. The molecule has 0 bridgehead atoms. The van der Waals surface area contributed by atoms with Crippen molar-refractivity contribution >= 4 is 69.9 Å². The molecule has 4 aromatic rings. The molecule has 9 heteroatoms. The summed E-state index contributed by atoms with van der Waals surface area (Å²) in [6, 6.07) is 24.8. The second-order valence-electron chi connectivity index (χ2n) is 8.14. The van der Waals surface area contributed by atoms with Crippen molar-refractivity contribution < 1.29 is 14.4 Å². The minimum atomic E-state index is -0.451. The number of hydrogen-bond acceptors (Lipinski definition) is 5. The molecule has 0 saturated heterocycles. The van der Waals surface area contributed by atoms with Gasteiger partial charge in [0.2, 0.25) is 5.91 Å². The van der Waals surface area contributed by atoms with Crippen LogP contribution in [0, 0.1) is 0 Å². The van der Waals surface area contributed by atoms with Gasteiger partial charge in [0.15, 0.2) is 0 Å². The Morgan fingerprint density at radius 2 is 1.61 bits per heavy atom. The first-order valence-electron chi connectivity index (χ1n) is 11.6. The number of carbonyl (C=O) groups is 3. The zero-order valence-electron chi connectivity index (χ0n) is 20.3. The van der Waals surface area contributed by atoms with Crippen molar-refractivity contribution in [2.75, 3.05) is 10.6 Å². The van der Waals surface area contributed by atoms with Gasteiger partial charge in [0, 0.05) is 16.1 Å². The molecule has 6 nitrogen and oxygen atoms in total. The molecular weight excluding hydrogens is 538 g/mol. The van der Waals surface area contributed by atoms with Crippen LogP contribution >= 0.6 is 34.7 Å². The first-order chi connectivity index (χ1) is 18.4. The van der Waals surface area contributed by atoms with Gasteiger partial charge in [0.1, 0.15) is 5.70 Å². The van der Waals surface area contributed by atoms with Gasteiger partial charge in [-0.15, -0.1) is 11.8 Å². The molecule has 3 N–H and O–H groups in total. The molecule has 0 aliphatic rings. The Morgan fingerprint density at radius 3 is 2.29 bits per heavy atom. The van der Waals surface area contributed by atoms with E-state index in [1.807, 2.05) is 41.9 Å². The average molecular weight is 562 g/mol. The van der Waals surface area contributed by atoms with Crippen LogP contribution in [0.25, 0.3) is 6.08 Å². The van der Waals surface area contributed by atoms with Gasteiger partial charge in [0.05, 0.1) is 16.0 Å². The van der Waals surface area contributed by atoms with Crippen LogP contribution in [0.5, 0.6) is 0 Å². The SMILES string of the molecule is CC(Sc1ccc(NC(=O)/C(=C/c2ccsc2)NC(=O)c2ccccc2)cc1)C(=O)Nc1ccccc1Cl. The van der Waals surface area contributed by atoms with Crippen LogP contribution in [0.15, 0.2) is 106 Å². The van der Waals surface area contributed by atoms with Crippen LogP contribution < -0.4 is 16.0 Å². The summed E-state index contributed by atoms with van der Waals surface area (Å²) in [7, 11) is 0. The fourth-order valence-corrected chi connectivity index (χ4v) is 5.00. The van der Waals surface area contributed by atoms with Gasteiger partial charge in [0.25, 0.3) is 11.8 Å². The zero-order chi connectivity index (χ0) is 26.9.